The minimum atomic E-state index is -0.702. The molecule has 30 heavy (non-hydrogen) atoms. The summed E-state index contributed by atoms with van der Waals surface area (Å²) in [5.41, 5.74) is 1.58. The third-order valence-corrected chi connectivity index (χ3v) is 4.61. The summed E-state index contributed by atoms with van der Waals surface area (Å²) in [6, 6.07) is 11.8. The van der Waals surface area contributed by atoms with Crippen LogP contribution >= 0.6 is 0 Å². The van der Waals surface area contributed by atoms with Crippen LogP contribution in [0.25, 0.3) is 11.0 Å². The summed E-state index contributed by atoms with van der Waals surface area (Å²) in [6.07, 6.45) is 3.25. The lowest BCUT2D eigenvalue weighted by Crippen LogP contribution is -2.08. The molecule has 0 aliphatic heterocycles. The molecule has 0 fully saturated rings. The van der Waals surface area contributed by atoms with E-state index in [0.29, 0.717) is 34.5 Å². The standard InChI is InChI=1S/C23H18F2N2O3/c1-2-29-22-17(21(28)18-12-27-23-16(18)6-4-10-26-23)5-3-7-20(22)30-13-14-8-9-15(24)11-19(14)25/h3-12H,2,13H2,1H3,(H,26,27). The highest BCUT2D eigenvalue weighted by Gasteiger charge is 2.21. The van der Waals surface area contributed by atoms with Crippen molar-refractivity contribution >= 4 is 16.8 Å². The van der Waals surface area contributed by atoms with Gasteiger partial charge in [-0.1, -0.05) is 6.07 Å². The summed E-state index contributed by atoms with van der Waals surface area (Å²) in [7, 11) is 0. The minimum Gasteiger partial charge on any atom is -0.489 e. The first kappa shape index (κ1) is 19.6. The molecule has 0 bridgehead atoms. The summed E-state index contributed by atoms with van der Waals surface area (Å²) in [5, 5.41) is 0.699. The van der Waals surface area contributed by atoms with Gasteiger partial charge in [-0.15, -0.1) is 0 Å². The second kappa shape index (κ2) is 8.32. The van der Waals surface area contributed by atoms with E-state index in [4.69, 9.17) is 9.47 Å². The third-order valence-electron chi connectivity index (χ3n) is 4.61. The molecule has 0 spiro atoms. The maximum absolute atomic E-state index is 13.9. The molecule has 7 heteroatoms. The van der Waals surface area contributed by atoms with Gasteiger partial charge in [-0.3, -0.25) is 4.79 Å². The molecule has 0 saturated carbocycles. The van der Waals surface area contributed by atoms with Crippen molar-refractivity contribution in [3.63, 3.8) is 0 Å². The molecule has 2 aromatic heterocycles. The van der Waals surface area contributed by atoms with Crippen LogP contribution in [0.1, 0.15) is 28.4 Å². The average Bonchev–Trinajstić information content (AvgIpc) is 3.18. The van der Waals surface area contributed by atoms with Crippen LogP contribution in [0.3, 0.4) is 0 Å². The van der Waals surface area contributed by atoms with Gasteiger partial charge in [-0.2, -0.15) is 0 Å². The number of nitrogens with zero attached hydrogens (tertiary/aromatic N) is 1. The molecule has 1 N–H and O–H groups in total. The number of ketones is 1. The number of fused-ring (bicyclic) bond motifs is 1. The van der Waals surface area contributed by atoms with Crippen LogP contribution in [0.4, 0.5) is 8.78 Å². The fraction of sp³-hybridized carbons (Fsp3) is 0.130. The summed E-state index contributed by atoms with van der Waals surface area (Å²) < 4.78 is 38.5. The number of hydrogen-bond donors (Lipinski definition) is 1. The van der Waals surface area contributed by atoms with Gasteiger partial charge in [0, 0.05) is 35.0 Å². The lowest BCUT2D eigenvalue weighted by molar-refractivity contribution is 0.103. The maximum atomic E-state index is 13.9. The van der Waals surface area contributed by atoms with Gasteiger partial charge in [0.2, 0.25) is 0 Å². The van der Waals surface area contributed by atoms with Crippen LogP contribution in [-0.4, -0.2) is 22.4 Å². The largest absolute Gasteiger partial charge is 0.489 e. The van der Waals surface area contributed by atoms with E-state index in [0.717, 1.165) is 12.1 Å². The van der Waals surface area contributed by atoms with Gasteiger partial charge in [0.25, 0.3) is 0 Å². The molecule has 0 atom stereocenters. The number of ether oxygens (including phenoxy) is 2. The molecule has 4 aromatic rings. The molecule has 0 unspecified atom stereocenters. The van der Waals surface area contributed by atoms with Crippen molar-refractivity contribution in [2.75, 3.05) is 6.61 Å². The number of rotatable bonds is 7. The highest BCUT2D eigenvalue weighted by molar-refractivity contribution is 6.17. The number of para-hydroxylation sites is 1. The van der Waals surface area contributed by atoms with Gasteiger partial charge in [-0.25, -0.2) is 13.8 Å². The van der Waals surface area contributed by atoms with E-state index in [1.807, 2.05) is 6.07 Å². The zero-order valence-electron chi connectivity index (χ0n) is 16.1. The van der Waals surface area contributed by atoms with Gasteiger partial charge in [0.15, 0.2) is 17.3 Å². The highest BCUT2D eigenvalue weighted by atomic mass is 19.1. The van der Waals surface area contributed by atoms with Crippen molar-refractivity contribution in [1.29, 1.82) is 0 Å². The number of aromatic nitrogens is 2. The molecule has 0 saturated heterocycles. The molecule has 4 rings (SSSR count). The fourth-order valence-corrected chi connectivity index (χ4v) is 3.18. The number of aromatic amines is 1. The molecular weight excluding hydrogens is 390 g/mol. The van der Waals surface area contributed by atoms with Crippen molar-refractivity contribution in [3.05, 3.63) is 89.2 Å². The number of pyridine rings is 1. The van der Waals surface area contributed by atoms with Crippen LogP contribution in [0, 0.1) is 11.6 Å². The Kier molecular flexibility index (Phi) is 5.43. The Morgan fingerprint density at radius 1 is 1.07 bits per heavy atom. The van der Waals surface area contributed by atoms with Gasteiger partial charge in [0.1, 0.15) is 23.9 Å². The third kappa shape index (κ3) is 3.74. The van der Waals surface area contributed by atoms with Crippen molar-refractivity contribution < 1.29 is 23.0 Å². The second-order valence-electron chi connectivity index (χ2n) is 6.52. The molecule has 2 aromatic carbocycles. The molecule has 2 heterocycles. The molecule has 0 amide bonds. The lowest BCUT2D eigenvalue weighted by Gasteiger charge is -2.15. The maximum Gasteiger partial charge on any atom is 0.199 e. The Hall–Kier alpha value is -3.74. The van der Waals surface area contributed by atoms with E-state index in [1.165, 1.54) is 6.07 Å². The summed E-state index contributed by atoms with van der Waals surface area (Å²) in [5.74, 6) is -1.05. The predicted octanol–water partition coefficient (Wildman–Crippen LogP) is 5.05. The Morgan fingerprint density at radius 2 is 1.93 bits per heavy atom. The quantitative estimate of drug-likeness (QED) is 0.435. The van der Waals surface area contributed by atoms with Crippen molar-refractivity contribution in [2.24, 2.45) is 0 Å². The van der Waals surface area contributed by atoms with Crippen LogP contribution in [0.2, 0.25) is 0 Å². The van der Waals surface area contributed by atoms with Crippen molar-refractivity contribution in [2.45, 2.75) is 13.5 Å². The number of carbonyl (C=O) groups is 1. The lowest BCUT2D eigenvalue weighted by atomic mass is 10.0. The first-order valence-electron chi connectivity index (χ1n) is 9.37. The van der Waals surface area contributed by atoms with Gasteiger partial charge in [0.05, 0.1) is 12.2 Å². The van der Waals surface area contributed by atoms with Crippen LogP contribution < -0.4 is 9.47 Å². The zero-order chi connectivity index (χ0) is 21.1. The first-order chi connectivity index (χ1) is 14.6. The molecule has 0 aliphatic carbocycles. The number of carbonyl (C=O) groups excluding carboxylic acids is 1. The smallest absolute Gasteiger partial charge is 0.199 e. The summed E-state index contributed by atoms with van der Waals surface area (Å²) in [4.78, 5) is 20.4. The van der Waals surface area contributed by atoms with Gasteiger partial charge < -0.3 is 14.5 Å². The van der Waals surface area contributed by atoms with Crippen molar-refractivity contribution in [1.82, 2.24) is 9.97 Å². The summed E-state index contributed by atoms with van der Waals surface area (Å²) in [6.45, 7) is 1.96. The Bertz CT molecular complexity index is 1220. The van der Waals surface area contributed by atoms with Crippen molar-refractivity contribution in [3.8, 4) is 11.5 Å². The predicted molar refractivity (Wildman–Crippen MR) is 108 cm³/mol. The number of H-pyrrole nitrogens is 1. The van der Waals surface area contributed by atoms with E-state index in [1.54, 1.807) is 43.6 Å². The number of nitrogens with one attached hydrogen (secondary N) is 1. The second-order valence-corrected chi connectivity index (χ2v) is 6.52. The monoisotopic (exact) mass is 408 g/mol. The first-order valence-corrected chi connectivity index (χ1v) is 9.37. The molecule has 152 valence electrons. The van der Waals surface area contributed by atoms with E-state index >= 15 is 0 Å². The minimum absolute atomic E-state index is 0.138. The normalized spacial score (nSPS) is 10.9. The molecule has 0 radical (unpaired) electrons. The fourth-order valence-electron chi connectivity index (χ4n) is 3.18. The average molecular weight is 408 g/mol. The summed E-state index contributed by atoms with van der Waals surface area (Å²) >= 11 is 0. The Labute approximate surface area is 171 Å². The topological polar surface area (TPSA) is 64.2 Å². The number of benzene rings is 2. The Morgan fingerprint density at radius 3 is 2.73 bits per heavy atom. The van der Waals surface area contributed by atoms with E-state index in [2.05, 4.69) is 9.97 Å². The van der Waals surface area contributed by atoms with E-state index in [-0.39, 0.29) is 23.7 Å². The van der Waals surface area contributed by atoms with Crippen LogP contribution in [0.5, 0.6) is 11.5 Å². The number of halogens is 2. The van der Waals surface area contributed by atoms with Gasteiger partial charge in [-0.05, 0) is 43.3 Å². The number of hydrogen-bond acceptors (Lipinski definition) is 4. The molecule has 0 aliphatic rings. The Balaban J connectivity index is 1.68. The van der Waals surface area contributed by atoms with Crippen LogP contribution in [-0.2, 0) is 6.61 Å². The van der Waals surface area contributed by atoms with E-state index < -0.39 is 11.6 Å². The van der Waals surface area contributed by atoms with Crippen LogP contribution in [0.15, 0.2) is 60.9 Å². The SMILES string of the molecule is CCOc1c(OCc2ccc(F)cc2F)cccc1C(=O)c1c[nH]c2ncccc12. The highest BCUT2D eigenvalue weighted by Crippen LogP contribution is 2.34. The molecule has 5 nitrogen and oxygen atoms in total. The van der Waals surface area contributed by atoms with Gasteiger partial charge >= 0.3 is 0 Å². The van der Waals surface area contributed by atoms with E-state index in [9.17, 15) is 13.6 Å². The molecular formula is C23H18F2N2O3. The zero-order valence-corrected chi connectivity index (χ0v) is 16.1.